The summed E-state index contributed by atoms with van der Waals surface area (Å²) in [5.74, 6) is 0. The lowest BCUT2D eigenvalue weighted by molar-refractivity contribution is 0.285. The predicted octanol–water partition coefficient (Wildman–Crippen LogP) is 3.67. The van der Waals surface area contributed by atoms with Gasteiger partial charge in [-0.3, -0.25) is 4.57 Å². The van der Waals surface area contributed by atoms with E-state index in [2.05, 4.69) is 6.07 Å². The molecule has 24 heavy (non-hydrogen) atoms. The van der Waals surface area contributed by atoms with E-state index in [9.17, 15) is 4.57 Å². The molecule has 122 valence electrons. The second-order valence-corrected chi connectivity index (χ2v) is 7.51. The van der Waals surface area contributed by atoms with Gasteiger partial charge >= 0.3 is 7.60 Å². The Morgan fingerprint density at radius 1 is 1.08 bits per heavy atom. The highest BCUT2D eigenvalue weighted by Gasteiger charge is 2.30. The van der Waals surface area contributed by atoms with E-state index in [1.165, 1.54) is 14.2 Å². The van der Waals surface area contributed by atoms with Crippen LogP contribution < -0.4 is 5.44 Å². The van der Waals surface area contributed by atoms with Gasteiger partial charge in [-0.15, -0.1) is 0 Å². The summed E-state index contributed by atoms with van der Waals surface area (Å²) in [7, 11) is -0.683. The minimum Gasteiger partial charge on any atom is -0.330 e. The Morgan fingerprint density at radius 2 is 1.79 bits per heavy atom. The monoisotopic (exact) mass is 340 g/mol. The van der Waals surface area contributed by atoms with Crippen LogP contribution in [-0.4, -0.2) is 18.8 Å². The lowest BCUT2D eigenvalue weighted by Gasteiger charge is -2.17. The molecule has 0 saturated carbocycles. The summed E-state index contributed by atoms with van der Waals surface area (Å²) in [5.41, 5.74) is 2.97. The van der Waals surface area contributed by atoms with Crippen LogP contribution in [0.1, 0.15) is 11.1 Å². The first-order valence-electron chi connectivity index (χ1n) is 7.40. The Balaban J connectivity index is 2.23. The molecular formula is C18H17N2O3P. The maximum Gasteiger partial charge on any atom is 0.377 e. The average Bonchev–Trinajstić information content (AvgIpc) is 3.00. The van der Waals surface area contributed by atoms with Gasteiger partial charge in [0.1, 0.15) is 5.44 Å². The number of nitriles is 1. The number of fused-ring (bicyclic) bond motifs is 1. The minimum atomic E-state index is -3.42. The molecule has 0 aliphatic rings. The SMILES string of the molecule is COP(=O)(OC)c1cc2cc(C#N)ccc2n1Cc1ccccc1. The van der Waals surface area contributed by atoms with E-state index < -0.39 is 7.60 Å². The highest BCUT2D eigenvalue weighted by molar-refractivity contribution is 7.62. The maximum absolute atomic E-state index is 13.0. The van der Waals surface area contributed by atoms with Crippen molar-refractivity contribution in [1.29, 1.82) is 5.26 Å². The van der Waals surface area contributed by atoms with Gasteiger partial charge < -0.3 is 13.6 Å². The van der Waals surface area contributed by atoms with Crippen molar-refractivity contribution in [3.63, 3.8) is 0 Å². The number of hydrogen-bond donors (Lipinski definition) is 0. The molecule has 0 N–H and O–H groups in total. The molecule has 2 aromatic carbocycles. The van der Waals surface area contributed by atoms with Crippen LogP contribution in [0.3, 0.4) is 0 Å². The molecule has 0 bridgehead atoms. The second kappa shape index (κ2) is 6.62. The van der Waals surface area contributed by atoms with Crippen molar-refractivity contribution >= 4 is 23.9 Å². The summed E-state index contributed by atoms with van der Waals surface area (Å²) < 4.78 is 25.2. The molecule has 1 aromatic heterocycles. The first-order valence-corrected chi connectivity index (χ1v) is 8.95. The zero-order valence-electron chi connectivity index (χ0n) is 13.5. The largest absolute Gasteiger partial charge is 0.377 e. The molecule has 3 rings (SSSR count). The van der Waals surface area contributed by atoms with Crippen molar-refractivity contribution in [3.05, 3.63) is 65.7 Å². The molecule has 0 atom stereocenters. The van der Waals surface area contributed by atoms with Crippen LogP contribution in [0.2, 0.25) is 0 Å². The van der Waals surface area contributed by atoms with Gasteiger partial charge in [0.15, 0.2) is 0 Å². The van der Waals surface area contributed by atoms with Crippen LogP contribution in [0.5, 0.6) is 0 Å². The summed E-state index contributed by atoms with van der Waals surface area (Å²) >= 11 is 0. The van der Waals surface area contributed by atoms with Gasteiger partial charge in [0, 0.05) is 31.7 Å². The average molecular weight is 340 g/mol. The highest BCUT2D eigenvalue weighted by atomic mass is 31.2. The van der Waals surface area contributed by atoms with E-state index in [4.69, 9.17) is 14.3 Å². The van der Waals surface area contributed by atoms with E-state index in [0.717, 1.165) is 16.5 Å². The third-order valence-electron chi connectivity index (χ3n) is 3.95. The summed E-state index contributed by atoms with van der Waals surface area (Å²) in [4.78, 5) is 0. The first kappa shape index (κ1) is 16.5. The molecule has 0 radical (unpaired) electrons. The fraction of sp³-hybridized carbons (Fsp3) is 0.167. The van der Waals surface area contributed by atoms with Crippen LogP contribution in [0.15, 0.2) is 54.6 Å². The van der Waals surface area contributed by atoms with Gasteiger partial charge in [-0.1, -0.05) is 30.3 Å². The van der Waals surface area contributed by atoms with E-state index in [0.29, 0.717) is 17.5 Å². The Labute approximate surface area is 140 Å². The van der Waals surface area contributed by atoms with Crippen LogP contribution in [0.4, 0.5) is 0 Å². The highest BCUT2D eigenvalue weighted by Crippen LogP contribution is 2.46. The van der Waals surface area contributed by atoms with Crippen LogP contribution >= 0.6 is 7.60 Å². The third-order valence-corrected chi connectivity index (χ3v) is 5.85. The van der Waals surface area contributed by atoms with Crippen molar-refractivity contribution in [1.82, 2.24) is 4.57 Å². The quantitative estimate of drug-likeness (QED) is 0.665. The topological polar surface area (TPSA) is 64.2 Å². The molecule has 0 aliphatic carbocycles. The molecule has 0 unspecified atom stereocenters. The molecule has 0 fully saturated rings. The summed E-state index contributed by atoms with van der Waals surface area (Å²) in [5, 5.41) is 9.93. The fourth-order valence-corrected chi connectivity index (χ4v) is 4.04. The summed E-state index contributed by atoms with van der Waals surface area (Å²) in [6, 6.07) is 19.1. The van der Waals surface area contributed by atoms with Crippen LogP contribution in [0, 0.1) is 11.3 Å². The lowest BCUT2D eigenvalue weighted by atomic mass is 10.2. The third kappa shape index (κ3) is 2.88. The molecule has 3 aromatic rings. The van der Waals surface area contributed by atoms with Gasteiger partial charge in [-0.25, -0.2) is 0 Å². The number of hydrogen-bond acceptors (Lipinski definition) is 4. The van der Waals surface area contributed by atoms with Crippen molar-refractivity contribution in [2.45, 2.75) is 6.54 Å². The van der Waals surface area contributed by atoms with Crippen molar-refractivity contribution < 1.29 is 13.6 Å². The Morgan fingerprint density at radius 3 is 2.42 bits per heavy atom. The van der Waals surface area contributed by atoms with Gasteiger partial charge in [0.25, 0.3) is 0 Å². The number of aromatic nitrogens is 1. The van der Waals surface area contributed by atoms with Gasteiger partial charge in [0.05, 0.1) is 11.6 Å². The normalized spacial score (nSPS) is 11.5. The van der Waals surface area contributed by atoms with E-state index in [1.807, 2.05) is 41.0 Å². The van der Waals surface area contributed by atoms with Crippen LogP contribution in [0.25, 0.3) is 10.9 Å². The van der Waals surface area contributed by atoms with Crippen molar-refractivity contribution in [3.8, 4) is 6.07 Å². The fourth-order valence-electron chi connectivity index (χ4n) is 2.75. The molecule has 0 aliphatic heterocycles. The maximum atomic E-state index is 13.0. The Kier molecular flexibility index (Phi) is 4.55. The van der Waals surface area contributed by atoms with E-state index >= 15 is 0 Å². The number of benzene rings is 2. The van der Waals surface area contributed by atoms with Gasteiger partial charge in [0.2, 0.25) is 0 Å². The Hall–Kier alpha value is -2.38. The minimum absolute atomic E-state index is 0.474. The molecule has 5 nitrogen and oxygen atoms in total. The number of nitrogens with zero attached hydrogens (tertiary/aromatic N) is 2. The second-order valence-electron chi connectivity index (χ2n) is 5.32. The molecular weight excluding hydrogens is 323 g/mol. The molecule has 6 heteroatoms. The van der Waals surface area contributed by atoms with E-state index in [-0.39, 0.29) is 0 Å². The van der Waals surface area contributed by atoms with Crippen molar-refractivity contribution in [2.75, 3.05) is 14.2 Å². The van der Waals surface area contributed by atoms with Gasteiger partial charge in [-0.05, 0) is 29.8 Å². The van der Waals surface area contributed by atoms with Gasteiger partial charge in [-0.2, -0.15) is 5.26 Å². The smallest absolute Gasteiger partial charge is 0.330 e. The lowest BCUT2D eigenvalue weighted by Crippen LogP contribution is -2.19. The summed E-state index contributed by atoms with van der Waals surface area (Å²) in [6.07, 6.45) is 0. The van der Waals surface area contributed by atoms with Crippen LogP contribution in [-0.2, 0) is 20.2 Å². The molecule has 0 amide bonds. The Bertz CT molecular complexity index is 950. The number of rotatable bonds is 5. The molecule has 0 saturated heterocycles. The molecule has 1 heterocycles. The zero-order chi connectivity index (χ0) is 17.2. The van der Waals surface area contributed by atoms with E-state index in [1.54, 1.807) is 18.2 Å². The zero-order valence-corrected chi connectivity index (χ0v) is 14.4. The first-order chi connectivity index (χ1) is 11.6. The standard InChI is InChI=1S/C18H17N2O3P/c1-22-24(21,23-2)18-11-16-10-15(12-19)8-9-17(16)20(18)13-14-6-4-3-5-7-14/h3-11H,13H2,1-2H3. The predicted molar refractivity (Wildman–Crippen MR) is 93.5 cm³/mol. The summed E-state index contributed by atoms with van der Waals surface area (Å²) in [6.45, 7) is 0.530. The molecule has 0 spiro atoms. The van der Waals surface area contributed by atoms with Crippen molar-refractivity contribution in [2.24, 2.45) is 0 Å².